The minimum atomic E-state index is -4.25. The van der Waals surface area contributed by atoms with E-state index < -0.39 is 32.9 Å². The van der Waals surface area contributed by atoms with Crippen LogP contribution in [0.3, 0.4) is 0 Å². The molecule has 2 rings (SSSR count). The van der Waals surface area contributed by atoms with E-state index in [1.165, 1.54) is 12.1 Å². The number of alkyl halides is 3. The summed E-state index contributed by atoms with van der Waals surface area (Å²) in [6.45, 7) is 0. The summed E-state index contributed by atoms with van der Waals surface area (Å²) in [6.07, 6.45) is -4.25. The van der Waals surface area contributed by atoms with E-state index in [0.29, 0.717) is 0 Å². The molecule has 0 saturated carbocycles. The van der Waals surface area contributed by atoms with Crippen LogP contribution in [0.2, 0.25) is 0 Å². The molecule has 5 heteroatoms. The van der Waals surface area contributed by atoms with Crippen molar-refractivity contribution in [3.8, 4) is 0 Å². The lowest BCUT2D eigenvalue weighted by molar-refractivity contribution is -0.597. The van der Waals surface area contributed by atoms with Crippen molar-refractivity contribution in [1.82, 2.24) is 0 Å². The van der Waals surface area contributed by atoms with E-state index in [0.717, 1.165) is 13.2 Å². The summed E-state index contributed by atoms with van der Waals surface area (Å²) in [5.41, 5.74) is -0.564. The summed E-state index contributed by atoms with van der Waals surface area (Å²) in [7, 11) is 0. The Hall–Kier alpha value is -0.310. The molecule has 0 radical (unpaired) electrons. The van der Waals surface area contributed by atoms with Crippen LogP contribution in [-0.2, 0) is 6.18 Å². The van der Waals surface area contributed by atoms with Gasteiger partial charge in [0.25, 0.3) is 0 Å². The molecule has 0 aliphatic carbocycles. The Morgan fingerprint density at radius 2 is 1.39 bits per heavy atom. The van der Waals surface area contributed by atoms with Gasteiger partial charge in [0.05, 0.1) is 5.56 Å². The molecule has 0 N–H and O–H groups in total. The van der Waals surface area contributed by atoms with Crippen molar-refractivity contribution in [2.45, 2.75) is 6.18 Å². The van der Waals surface area contributed by atoms with Crippen molar-refractivity contribution in [2.24, 2.45) is 0 Å². The Balaban J connectivity index is 0.00000162. The number of rotatable bonds is 2. The lowest BCUT2D eigenvalue weighted by Crippen LogP contribution is -3.61. The highest BCUT2D eigenvalue weighted by atomic mass is 127. The van der Waals surface area contributed by atoms with Gasteiger partial charge in [0.15, 0.2) is 7.14 Å². The maximum absolute atomic E-state index is 12.5. The van der Waals surface area contributed by atoms with Gasteiger partial charge in [0.1, 0.15) is 0 Å². The van der Waals surface area contributed by atoms with Gasteiger partial charge in [0, 0.05) is 6.07 Å². The first-order valence-electron chi connectivity index (χ1n) is 4.93. The normalized spacial score (nSPS) is 10.8. The average molecular weight is 476 g/mol. The largest absolute Gasteiger partial charge is 1.00 e. The molecule has 0 saturated heterocycles. The summed E-state index contributed by atoms with van der Waals surface area (Å²) >= 11 is -0.536. The first-order chi connectivity index (χ1) is 8.05. The zero-order valence-electron chi connectivity index (χ0n) is 9.09. The number of hydrogen-bond acceptors (Lipinski definition) is 0. The smallest absolute Gasteiger partial charge is 0.416 e. The van der Waals surface area contributed by atoms with Crippen LogP contribution >= 0.6 is 0 Å². The first kappa shape index (κ1) is 15.7. The second kappa shape index (κ2) is 6.74. The van der Waals surface area contributed by atoms with Gasteiger partial charge < -0.3 is 24.0 Å². The molecule has 0 heterocycles. The van der Waals surface area contributed by atoms with E-state index in [1.807, 2.05) is 30.3 Å². The van der Waals surface area contributed by atoms with Crippen LogP contribution in [0.25, 0.3) is 0 Å². The average Bonchev–Trinajstić information content (AvgIpc) is 2.29. The molecule has 0 amide bonds. The third kappa shape index (κ3) is 4.42. The fourth-order valence-corrected chi connectivity index (χ4v) is 3.70. The van der Waals surface area contributed by atoms with Gasteiger partial charge in [0.2, 0.25) is 0 Å². The van der Waals surface area contributed by atoms with Crippen LogP contribution in [-0.4, -0.2) is 0 Å². The van der Waals surface area contributed by atoms with Crippen molar-refractivity contribution < 1.29 is 58.4 Å². The van der Waals surface area contributed by atoms with Gasteiger partial charge in [-0.15, -0.1) is 0 Å². The van der Waals surface area contributed by atoms with E-state index in [9.17, 15) is 13.2 Å². The quantitative estimate of drug-likeness (QED) is 0.434. The van der Waals surface area contributed by atoms with Crippen LogP contribution in [0, 0.1) is 7.14 Å². The van der Waals surface area contributed by atoms with Crippen LogP contribution < -0.4 is 45.2 Å². The van der Waals surface area contributed by atoms with Crippen LogP contribution in [0.5, 0.6) is 0 Å². The highest BCUT2D eigenvalue weighted by molar-refractivity contribution is 5.17. The molecule has 0 aliphatic heterocycles. The minimum Gasteiger partial charge on any atom is -1.00 e. The van der Waals surface area contributed by atoms with Gasteiger partial charge in [-0.2, -0.15) is 13.2 Å². The summed E-state index contributed by atoms with van der Waals surface area (Å²) in [6, 6.07) is 15.2. The zero-order valence-corrected chi connectivity index (χ0v) is 13.4. The Bertz CT molecular complexity index is 495. The Morgan fingerprint density at radius 1 is 0.778 bits per heavy atom. The molecular weight excluding hydrogens is 467 g/mol. The molecule has 96 valence electrons. The van der Waals surface area contributed by atoms with Gasteiger partial charge in [-0.3, -0.25) is 0 Å². The van der Waals surface area contributed by atoms with Crippen LogP contribution in [0.15, 0.2) is 54.6 Å². The maximum atomic E-state index is 12.5. The van der Waals surface area contributed by atoms with Gasteiger partial charge in [-0.05, 0) is 24.3 Å². The summed E-state index contributed by atoms with van der Waals surface area (Å²) in [5.74, 6) is 0. The lowest BCUT2D eigenvalue weighted by Gasteiger charge is -2.04. The van der Waals surface area contributed by atoms with E-state index in [1.54, 1.807) is 6.07 Å². The number of halogens is 5. The molecule has 0 spiro atoms. The predicted octanol–water partition coefficient (Wildman–Crippen LogP) is -2.16. The summed E-state index contributed by atoms with van der Waals surface area (Å²) < 4.78 is 39.5. The molecule has 0 bridgehead atoms. The topological polar surface area (TPSA) is 0 Å². The third-order valence-electron chi connectivity index (χ3n) is 2.10. The van der Waals surface area contributed by atoms with Crippen LogP contribution in [0.4, 0.5) is 13.2 Å². The maximum Gasteiger partial charge on any atom is 0.416 e. The molecular formula is C13H9F3I2. The van der Waals surface area contributed by atoms with Crippen molar-refractivity contribution in [3.05, 3.63) is 67.3 Å². The number of hydrogen-bond donors (Lipinski definition) is 0. The van der Waals surface area contributed by atoms with Crippen molar-refractivity contribution in [1.29, 1.82) is 0 Å². The third-order valence-corrected chi connectivity index (χ3v) is 4.74. The fraction of sp³-hybridized carbons (Fsp3) is 0.0769. The lowest BCUT2D eigenvalue weighted by atomic mass is 10.2. The van der Waals surface area contributed by atoms with Crippen LogP contribution in [0.1, 0.15) is 5.56 Å². The molecule has 0 unspecified atom stereocenters. The van der Waals surface area contributed by atoms with Gasteiger partial charge in [-0.25, -0.2) is 0 Å². The van der Waals surface area contributed by atoms with Crippen molar-refractivity contribution in [2.75, 3.05) is 0 Å². The Labute approximate surface area is 131 Å². The highest BCUT2D eigenvalue weighted by Gasteiger charge is 2.32. The van der Waals surface area contributed by atoms with E-state index in [4.69, 9.17) is 0 Å². The monoisotopic (exact) mass is 476 g/mol. The summed E-state index contributed by atoms with van der Waals surface area (Å²) in [4.78, 5) is 0. The molecule has 2 aromatic carbocycles. The second-order valence-electron chi connectivity index (χ2n) is 3.40. The highest BCUT2D eigenvalue weighted by Crippen LogP contribution is 2.28. The summed E-state index contributed by atoms with van der Waals surface area (Å²) in [5, 5.41) is 0. The Kier molecular flexibility index (Phi) is 5.90. The molecule has 0 nitrogen and oxygen atoms in total. The standard InChI is InChI=1S/C13H9F3I.HI/c14-13(15,16)10-5-4-8-12(9-10)17-11-6-2-1-3-7-11;/h1-9H;1H/q+1;/p-1. The molecule has 0 fully saturated rings. The molecule has 2 aromatic rings. The first-order valence-corrected chi connectivity index (χ1v) is 7.08. The Morgan fingerprint density at radius 3 is 2.00 bits per heavy atom. The zero-order chi connectivity index (χ0) is 12.3. The second-order valence-corrected chi connectivity index (χ2v) is 6.43. The number of benzene rings is 2. The van der Waals surface area contributed by atoms with E-state index in [2.05, 4.69) is 0 Å². The van der Waals surface area contributed by atoms with E-state index >= 15 is 0 Å². The van der Waals surface area contributed by atoms with Gasteiger partial charge in [-0.1, -0.05) is 24.3 Å². The van der Waals surface area contributed by atoms with Crippen molar-refractivity contribution >= 4 is 0 Å². The molecule has 0 aromatic heterocycles. The molecule has 0 aliphatic rings. The fourth-order valence-electron chi connectivity index (χ4n) is 1.33. The predicted molar refractivity (Wildman–Crippen MR) is 55.3 cm³/mol. The minimum absolute atomic E-state index is 0. The van der Waals surface area contributed by atoms with E-state index in [-0.39, 0.29) is 24.0 Å². The van der Waals surface area contributed by atoms with Crippen molar-refractivity contribution in [3.63, 3.8) is 0 Å². The van der Waals surface area contributed by atoms with Gasteiger partial charge >= 0.3 is 27.4 Å². The SMILES string of the molecule is FC(F)(F)c1cccc([I+]c2ccccc2)c1.[I-]. The molecule has 18 heavy (non-hydrogen) atoms. The molecule has 0 atom stereocenters.